The van der Waals surface area contributed by atoms with E-state index in [0.717, 1.165) is 11.3 Å². The molecule has 0 saturated carbocycles. The molecule has 0 radical (unpaired) electrons. The van der Waals surface area contributed by atoms with Gasteiger partial charge in [0, 0.05) is 0 Å². The lowest BCUT2D eigenvalue weighted by atomic mass is 10.3. The maximum Gasteiger partial charge on any atom is 0.265 e. The van der Waals surface area contributed by atoms with Crippen LogP contribution in [-0.2, 0) is 10.0 Å². The molecule has 3 aromatic rings. The first-order valence-electron chi connectivity index (χ1n) is 5.90. The zero-order valence-electron chi connectivity index (χ0n) is 10.7. The van der Waals surface area contributed by atoms with Crippen molar-refractivity contribution >= 4 is 59.9 Å². The van der Waals surface area contributed by atoms with E-state index in [1.54, 1.807) is 0 Å². The Morgan fingerprint density at radius 1 is 1.18 bits per heavy atom. The van der Waals surface area contributed by atoms with E-state index in [2.05, 4.69) is 9.71 Å². The molecular formula is C13H7Cl2FN2O2S2. The van der Waals surface area contributed by atoms with Gasteiger partial charge in [-0.2, -0.15) is 0 Å². The number of benzene rings is 2. The standard InChI is InChI=1S/C13H7Cl2FN2O2S2/c14-8-2-1-3-11(12(8)15)22(19,20)18-13-17-9-5-4-7(16)6-10(9)21-13/h1-6H,(H,17,18). The van der Waals surface area contributed by atoms with Crippen LogP contribution in [0.1, 0.15) is 0 Å². The smallest absolute Gasteiger partial charge is 0.255 e. The number of rotatable bonds is 3. The molecular weight excluding hydrogens is 370 g/mol. The lowest BCUT2D eigenvalue weighted by Gasteiger charge is -2.07. The molecule has 1 heterocycles. The second-order valence-corrected chi connectivity index (χ2v) is 7.76. The van der Waals surface area contributed by atoms with Crippen LogP contribution >= 0.6 is 34.5 Å². The molecule has 0 spiro atoms. The molecule has 4 nitrogen and oxygen atoms in total. The molecule has 22 heavy (non-hydrogen) atoms. The van der Waals surface area contributed by atoms with Crippen LogP contribution in [0.25, 0.3) is 10.2 Å². The van der Waals surface area contributed by atoms with Crippen molar-refractivity contribution in [3.05, 3.63) is 52.3 Å². The molecule has 2 aromatic carbocycles. The van der Waals surface area contributed by atoms with E-state index in [1.807, 2.05) is 0 Å². The highest BCUT2D eigenvalue weighted by atomic mass is 35.5. The Morgan fingerprint density at radius 2 is 1.95 bits per heavy atom. The third-order valence-corrected chi connectivity index (χ3v) is 6.15. The van der Waals surface area contributed by atoms with Crippen LogP contribution in [0.15, 0.2) is 41.3 Å². The van der Waals surface area contributed by atoms with Crippen LogP contribution in [0.2, 0.25) is 10.0 Å². The number of fused-ring (bicyclic) bond motifs is 1. The number of anilines is 1. The molecule has 0 unspecified atom stereocenters. The molecule has 1 aromatic heterocycles. The van der Waals surface area contributed by atoms with Crippen molar-refractivity contribution in [1.82, 2.24) is 4.98 Å². The predicted molar refractivity (Wildman–Crippen MR) is 86.8 cm³/mol. The fourth-order valence-electron chi connectivity index (χ4n) is 1.80. The number of hydrogen-bond donors (Lipinski definition) is 1. The van der Waals surface area contributed by atoms with Crippen molar-refractivity contribution < 1.29 is 12.8 Å². The van der Waals surface area contributed by atoms with Crippen LogP contribution in [0.5, 0.6) is 0 Å². The van der Waals surface area contributed by atoms with Gasteiger partial charge in [-0.1, -0.05) is 40.6 Å². The number of nitrogens with one attached hydrogen (secondary N) is 1. The van der Waals surface area contributed by atoms with Gasteiger partial charge in [0.15, 0.2) is 5.13 Å². The minimum absolute atomic E-state index is 0.0659. The average molecular weight is 377 g/mol. The Balaban J connectivity index is 2.01. The first-order valence-corrected chi connectivity index (χ1v) is 8.95. The summed E-state index contributed by atoms with van der Waals surface area (Å²) in [5.74, 6) is -0.413. The maximum absolute atomic E-state index is 13.2. The predicted octanol–water partition coefficient (Wildman–Crippen LogP) is 4.54. The van der Waals surface area contributed by atoms with E-state index in [4.69, 9.17) is 23.2 Å². The zero-order chi connectivity index (χ0) is 15.9. The van der Waals surface area contributed by atoms with Crippen LogP contribution < -0.4 is 4.72 Å². The van der Waals surface area contributed by atoms with Gasteiger partial charge in [0.25, 0.3) is 10.0 Å². The van der Waals surface area contributed by atoms with Gasteiger partial charge in [-0.25, -0.2) is 17.8 Å². The summed E-state index contributed by atoms with van der Waals surface area (Å²) in [6.07, 6.45) is 0. The first kappa shape index (κ1) is 15.5. The number of halogens is 3. The van der Waals surface area contributed by atoms with Gasteiger partial charge in [0.1, 0.15) is 10.7 Å². The molecule has 0 atom stereocenters. The third kappa shape index (κ3) is 2.89. The van der Waals surface area contributed by atoms with Crippen LogP contribution in [0.3, 0.4) is 0 Å². The summed E-state index contributed by atoms with van der Waals surface area (Å²) in [6, 6.07) is 8.33. The van der Waals surface area contributed by atoms with Gasteiger partial charge < -0.3 is 0 Å². The van der Waals surface area contributed by atoms with Crippen molar-refractivity contribution in [2.45, 2.75) is 4.90 Å². The highest BCUT2D eigenvalue weighted by molar-refractivity contribution is 7.93. The van der Waals surface area contributed by atoms with Gasteiger partial charge in [-0.05, 0) is 30.3 Å². The number of hydrogen-bond acceptors (Lipinski definition) is 4. The van der Waals surface area contributed by atoms with Crippen molar-refractivity contribution in [3.8, 4) is 0 Å². The number of nitrogens with zero attached hydrogens (tertiary/aromatic N) is 1. The highest BCUT2D eigenvalue weighted by Gasteiger charge is 2.21. The fourth-order valence-corrected chi connectivity index (χ4v) is 4.69. The van der Waals surface area contributed by atoms with Gasteiger partial charge in [-0.3, -0.25) is 4.72 Å². The van der Waals surface area contributed by atoms with Crippen molar-refractivity contribution in [2.24, 2.45) is 0 Å². The summed E-state index contributed by atoms with van der Waals surface area (Å²) in [7, 11) is -3.94. The summed E-state index contributed by atoms with van der Waals surface area (Å²) in [4.78, 5) is 3.96. The SMILES string of the molecule is O=S(=O)(Nc1nc2ccc(F)cc2s1)c1cccc(Cl)c1Cl. The Kier molecular flexibility index (Phi) is 3.98. The normalized spacial score (nSPS) is 11.8. The van der Waals surface area contributed by atoms with Crippen LogP contribution in [-0.4, -0.2) is 13.4 Å². The van der Waals surface area contributed by atoms with Crippen LogP contribution in [0.4, 0.5) is 9.52 Å². The number of sulfonamides is 1. The summed E-state index contributed by atoms with van der Waals surface area (Å²) in [5.41, 5.74) is 0.501. The largest absolute Gasteiger partial charge is 0.265 e. The Morgan fingerprint density at radius 3 is 2.73 bits per heavy atom. The van der Waals surface area contributed by atoms with Gasteiger partial charge >= 0.3 is 0 Å². The molecule has 0 bridgehead atoms. The molecule has 3 rings (SSSR count). The van der Waals surface area contributed by atoms with Crippen molar-refractivity contribution in [2.75, 3.05) is 4.72 Å². The molecule has 0 aliphatic carbocycles. The Labute approximate surface area is 139 Å². The molecule has 0 aliphatic rings. The van der Waals surface area contributed by atoms with E-state index in [0.29, 0.717) is 10.2 Å². The minimum atomic E-state index is -3.94. The maximum atomic E-state index is 13.2. The van der Waals surface area contributed by atoms with E-state index in [9.17, 15) is 12.8 Å². The molecule has 9 heteroatoms. The first-order chi connectivity index (χ1) is 10.4. The van der Waals surface area contributed by atoms with E-state index < -0.39 is 15.8 Å². The minimum Gasteiger partial charge on any atom is -0.255 e. The molecule has 0 fully saturated rings. The summed E-state index contributed by atoms with van der Waals surface area (Å²) >= 11 is 12.8. The molecule has 114 valence electrons. The Bertz CT molecular complexity index is 973. The van der Waals surface area contributed by atoms with Gasteiger partial charge in [0.05, 0.1) is 20.3 Å². The molecule has 0 aliphatic heterocycles. The van der Waals surface area contributed by atoms with Crippen molar-refractivity contribution in [1.29, 1.82) is 0 Å². The molecule has 0 amide bonds. The zero-order valence-corrected chi connectivity index (χ0v) is 13.8. The summed E-state index contributed by atoms with van der Waals surface area (Å²) in [5, 5.41) is 0.191. The lowest BCUT2D eigenvalue weighted by molar-refractivity contribution is 0.601. The second-order valence-electron chi connectivity index (χ2n) is 4.29. The third-order valence-electron chi connectivity index (χ3n) is 2.78. The topological polar surface area (TPSA) is 59.1 Å². The van der Waals surface area contributed by atoms with E-state index in [-0.39, 0.29) is 20.1 Å². The van der Waals surface area contributed by atoms with Gasteiger partial charge in [0.2, 0.25) is 0 Å². The number of aromatic nitrogens is 1. The summed E-state index contributed by atoms with van der Waals surface area (Å²) < 4.78 is 40.7. The molecule has 0 saturated heterocycles. The van der Waals surface area contributed by atoms with E-state index >= 15 is 0 Å². The monoisotopic (exact) mass is 376 g/mol. The van der Waals surface area contributed by atoms with Gasteiger partial charge in [-0.15, -0.1) is 0 Å². The number of thiazole rings is 1. The quantitative estimate of drug-likeness (QED) is 0.729. The summed E-state index contributed by atoms with van der Waals surface area (Å²) in [6.45, 7) is 0. The molecule has 1 N–H and O–H groups in total. The second kappa shape index (κ2) is 5.66. The Hall–Kier alpha value is -1.41. The van der Waals surface area contributed by atoms with Crippen LogP contribution in [0, 0.1) is 5.82 Å². The average Bonchev–Trinajstić information content (AvgIpc) is 2.82. The lowest BCUT2D eigenvalue weighted by Crippen LogP contribution is -2.13. The van der Waals surface area contributed by atoms with Crippen molar-refractivity contribution in [3.63, 3.8) is 0 Å². The highest BCUT2D eigenvalue weighted by Crippen LogP contribution is 2.32. The fraction of sp³-hybridized carbons (Fsp3) is 0. The van der Waals surface area contributed by atoms with E-state index in [1.165, 1.54) is 36.4 Å².